The largest absolute Gasteiger partial charge is 0.483 e. The molecule has 0 unspecified atom stereocenters. The Morgan fingerprint density at radius 2 is 0.873 bits per heavy atom. The smallest absolute Gasteiger partial charge is 0.344 e. The van der Waals surface area contributed by atoms with E-state index in [9.17, 15) is 19.2 Å². The first kappa shape index (κ1) is 38.7. The van der Waals surface area contributed by atoms with E-state index in [-0.39, 0.29) is 51.5 Å². The van der Waals surface area contributed by atoms with Gasteiger partial charge in [0.05, 0.1) is 13.2 Å². The Bertz CT molecular complexity index is 1800. The minimum atomic E-state index is -0.497. The molecule has 0 radical (unpaired) electrons. The number of para-hydroxylation sites is 4. The summed E-state index contributed by atoms with van der Waals surface area (Å²) in [7, 11) is 0. The van der Waals surface area contributed by atoms with Crippen molar-refractivity contribution in [1.29, 1.82) is 0 Å². The maximum absolute atomic E-state index is 13.1. The van der Waals surface area contributed by atoms with Crippen LogP contribution in [0.15, 0.2) is 72.8 Å². The quantitative estimate of drug-likeness (QED) is 0.215. The Labute approximate surface area is 320 Å². The molecule has 0 fully saturated rings. The number of amides is 2. The minimum Gasteiger partial charge on any atom is -0.483 e. The average Bonchev–Trinajstić information content (AvgIpc) is 3.16. The summed E-state index contributed by atoms with van der Waals surface area (Å²) in [6.45, 7) is 3.50. The van der Waals surface area contributed by atoms with Gasteiger partial charge in [-0.05, 0) is 64.8 Å². The summed E-state index contributed by atoms with van der Waals surface area (Å²) in [5, 5.41) is 5.74. The van der Waals surface area contributed by atoms with E-state index in [1.54, 1.807) is 13.8 Å². The number of esters is 2. The molecule has 10 bridgehead atoms. The van der Waals surface area contributed by atoms with Gasteiger partial charge < -0.3 is 39.1 Å². The van der Waals surface area contributed by atoms with Gasteiger partial charge in [-0.2, -0.15) is 0 Å². The summed E-state index contributed by atoms with van der Waals surface area (Å²) in [4.78, 5) is 51.3. The molecule has 1 aliphatic carbocycles. The van der Waals surface area contributed by atoms with Gasteiger partial charge in [-0.1, -0.05) is 72.8 Å². The maximum atomic E-state index is 13.1. The number of rotatable bonds is 8. The van der Waals surface area contributed by atoms with Crippen LogP contribution in [0.4, 0.5) is 0 Å². The van der Waals surface area contributed by atoms with Crippen LogP contribution in [0.5, 0.6) is 23.0 Å². The predicted octanol–water partition coefficient (Wildman–Crippen LogP) is 4.64. The Morgan fingerprint density at radius 1 is 0.545 bits per heavy atom. The van der Waals surface area contributed by atoms with Crippen molar-refractivity contribution in [2.45, 2.75) is 46.0 Å². The molecule has 0 saturated carbocycles. The molecule has 55 heavy (non-hydrogen) atoms. The van der Waals surface area contributed by atoms with Crippen LogP contribution in [0.25, 0.3) is 0 Å². The van der Waals surface area contributed by atoms with Gasteiger partial charge in [-0.25, -0.2) is 9.59 Å². The zero-order valence-electron chi connectivity index (χ0n) is 31.2. The molecule has 1 heterocycles. The highest BCUT2D eigenvalue weighted by Crippen LogP contribution is 2.39. The van der Waals surface area contributed by atoms with Crippen molar-refractivity contribution in [3.8, 4) is 23.0 Å². The average molecular weight is 751 g/mol. The summed E-state index contributed by atoms with van der Waals surface area (Å²) in [5.41, 5.74) is 6.32. The molecule has 2 N–H and O–H groups in total. The fourth-order valence-electron chi connectivity index (χ4n) is 6.82. The number of carbonyl (C=O) groups is 4. The lowest BCUT2D eigenvalue weighted by Gasteiger charge is -2.22. The van der Waals surface area contributed by atoms with E-state index in [4.69, 9.17) is 28.4 Å². The second-order valence-corrected chi connectivity index (χ2v) is 13.1. The molecule has 4 aromatic carbocycles. The molecule has 2 aliphatic rings. The molecule has 2 amide bonds. The molecule has 6 rings (SSSR count). The third-order valence-electron chi connectivity index (χ3n) is 9.21. The van der Waals surface area contributed by atoms with E-state index in [0.717, 1.165) is 44.5 Å². The standard InChI is InChI=1S/C43H46N2O10/c1-3-50-38(48)26-54-42-32-14-7-15-33(42)21-29-11-6-13-31-23-35-17-8-16-34(43(35)55-27-39(49)51-4-2)22-30-12-5-10-28(20-32)40(30)52-24-36(46)44-18-9-19-45-37(47)25-53-41(29)31/h5-8,10-17H,3-4,9,18-27H2,1-2H3,(H,44,46)(H,45,47). The summed E-state index contributed by atoms with van der Waals surface area (Å²) < 4.78 is 35.7. The second-order valence-electron chi connectivity index (χ2n) is 13.1. The van der Waals surface area contributed by atoms with E-state index in [2.05, 4.69) is 10.6 Å². The number of benzene rings is 4. The molecule has 0 atom stereocenters. The lowest BCUT2D eigenvalue weighted by Crippen LogP contribution is -2.34. The van der Waals surface area contributed by atoms with Crippen molar-refractivity contribution in [1.82, 2.24) is 10.6 Å². The lowest BCUT2D eigenvalue weighted by atomic mass is 9.91. The number of hydrogen-bond acceptors (Lipinski definition) is 10. The van der Waals surface area contributed by atoms with Crippen LogP contribution in [-0.2, 0) is 54.3 Å². The third kappa shape index (κ3) is 10.1. The van der Waals surface area contributed by atoms with Crippen molar-refractivity contribution in [3.05, 3.63) is 117 Å². The van der Waals surface area contributed by atoms with Crippen LogP contribution >= 0.6 is 0 Å². The van der Waals surface area contributed by atoms with Crippen LogP contribution < -0.4 is 29.6 Å². The van der Waals surface area contributed by atoms with Gasteiger partial charge in [-0.15, -0.1) is 0 Å². The second kappa shape index (κ2) is 18.8. The van der Waals surface area contributed by atoms with E-state index in [1.165, 1.54) is 0 Å². The number of ether oxygens (including phenoxy) is 6. The fraction of sp³-hybridized carbons (Fsp3) is 0.349. The molecular weight excluding hydrogens is 704 g/mol. The SMILES string of the molecule is CCOC(=O)COc1c2cccc1Cc1cccc3c1OCC(=O)NCCCNC(=O)COc1c(cccc1Cc1cccc(c1OCC(=O)OCC)C3)C2. The molecule has 0 aromatic heterocycles. The van der Waals surface area contributed by atoms with Gasteiger partial charge in [0.25, 0.3) is 11.8 Å². The van der Waals surface area contributed by atoms with Gasteiger partial charge in [-0.3, -0.25) is 9.59 Å². The first-order chi connectivity index (χ1) is 26.8. The Hall–Kier alpha value is -6.04. The van der Waals surface area contributed by atoms with Crippen LogP contribution in [0, 0.1) is 0 Å². The number of fused-ring (bicyclic) bond motifs is 2. The van der Waals surface area contributed by atoms with E-state index < -0.39 is 11.9 Å². The topological polar surface area (TPSA) is 148 Å². The van der Waals surface area contributed by atoms with Crippen LogP contribution in [0.1, 0.15) is 64.8 Å². The van der Waals surface area contributed by atoms with Crippen molar-refractivity contribution < 1.29 is 47.6 Å². The highest BCUT2D eigenvalue weighted by atomic mass is 16.6. The Morgan fingerprint density at radius 3 is 1.20 bits per heavy atom. The van der Waals surface area contributed by atoms with Gasteiger partial charge in [0.1, 0.15) is 23.0 Å². The molecule has 12 nitrogen and oxygen atoms in total. The molecule has 0 spiro atoms. The molecule has 4 aromatic rings. The maximum Gasteiger partial charge on any atom is 0.344 e. The first-order valence-electron chi connectivity index (χ1n) is 18.6. The van der Waals surface area contributed by atoms with E-state index in [1.807, 2.05) is 72.8 Å². The predicted molar refractivity (Wildman–Crippen MR) is 203 cm³/mol. The lowest BCUT2D eigenvalue weighted by molar-refractivity contribution is -0.146. The minimum absolute atomic E-state index is 0.219. The van der Waals surface area contributed by atoms with Crippen LogP contribution in [0.3, 0.4) is 0 Å². The van der Waals surface area contributed by atoms with Crippen LogP contribution in [0.2, 0.25) is 0 Å². The number of hydrogen-bond donors (Lipinski definition) is 2. The monoisotopic (exact) mass is 750 g/mol. The first-order valence-corrected chi connectivity index (χ1v) is 18.6. The van der Waals surface area contributed by atoms with Gasteiger partial charge in [0.2, 0.25) is 0 Å². The molecule has 0 saturated heterocycles. The normalized spacial score (nSPS) is 14.4. The summed E-state index contributed by atoms with van der Waals surface area (Å²) in [5.74, 6) is 0.450. The van der Waals surface area contributed by atoms with Crippen molar-refractivity contribution in [2.75, 3.05) is 52.7 Å². The van der Waals surface area contributed by atoms with Gasteiger partial charge >= 0.3 is 11.9 Å². The molecule has 12 heteroatoms. The third-order valence-corrected chi connectivity index (χ3v) is 9.21. The zero-order valence-corrected chi connectivity index (χ0v) is 31.2. The summed E-state index contributed by atoms with van der Waals surface area (Å²) in [6, 6.07) is 23.3. The summed E-state index contributed by atoms with van der Waals surface area (Å²) >= 11 is 0. The highest BCUT2D eigenvalue weighted by Gasteiger charge is 2.23. The molecular formula is C43H46N2O10. The zero-order chi connectivity index (χ0) is 38.6. The van der Waals surface area contributed by atoms with Gasteiger partial charge in [0.15, 0.2) is 26.4 Å². The number of nitrogens with one attached hydrogen (secondary N) is 2. The van der Waals surface area contributed by atoms with Crippen molar-refractivity contribution in [3.63, 3.8) is 0 Å². The fourth-order valence-corrected chi connectivity index (χ4v) is 6.82. The van der Waals surface area contributed by atoms with E-state index >= 15 is 0 Å². The van der Waals surface area contributed by atoms with Crippen LogP contribution in [-0.4, -0.2) is 76.5 Å². The Kier molecular flexibility index (Phi) is 13.2. The summed E-state index contributed by atoms with van der Waals surface area (Å²) in [6.07, 6.45) is 1.88. The highest BCUT2D eigenvalue weighted by molar-refractivity contribution is 5.78. The molecule has 288 valence electrons. The van der Waals surface area contributed by atoms with Crippen molar-refractivity contribution in [2.24, 2.45) is 0 Å². The van der Waals surface area contributed by atoms with Crippen molar-refractivity contribution >= 4 is 23.8 Å². The number of carbonyl (C=O) groups excluding carboxylic acids is 4. The van der Waals surface area contributed by atoms with E-state index in [0.29, 0.717) is 68.2 Å². The molecule has 1 aliphatic heterocycles. The van der Waals surface area contributed by atoms with Gasteiger partial charge in [0, 0.05) is 38.8 Å². The Balaban J connectivity index is 1.57.